The third-order valence-electron chi connectivity index (χ3n) is 4.85. The van der Waals surface area contributed by atoms with Crippen LogP contribution in [0.3, 0.4) is 0 Å². The molecule has 0 saturated heterocycles. The van der Waals surface area contributed by atoms with Gasteiger partial charge in [-0.25, -0.2) is 14.2 Å². The van der Waals surface area contributed by atoms with Crippen LogP contribution < -0.4 is 5.69 Å². The molecule has 0 atom stereocenters. The molecule has 0 bridgehead atoms. The number of hydrogen-bond acceptors (Lipinski definition) is 3. The molecule has 0 spiro atoms. The van der Waals surface area contributed by atoms with E-state index in [-0.39, 0.29) is 22.3 Å². The Bertz CT molecular complexity index is 1440. The lowest BCUT2D eigenvalue weighted by Crippen LogP contribution is -2.30. The van der Waals surface area contributed by atoms with Crippen LogP contribution in [0.1, 0.15) is 26.3 Å². The van der Waals surface area contributed by atoms with Crippen molar-refractivity contribution in [3.8, 4) is 5.69 Å². The van der Waals surface area contributed by atoms with Gasteiger partial charge in [0.15, 0.2) is 0 Å². The molecule has 0 radical (unpaired) electrons. The highest BCUT2D eigenvalue weighted by atomic mass is 35.5. The lowest BCUT2D eigenvalue weighted by molar-refractivity contribution is -0.137. The van der Waals surface area contributed by atoms with Gasteiger partial charge < -0.3 is 5.11 Å². The van der Waals surface area contributed by atoms with E-state index in [9.17, 15) is 27.6 Å². The fraction of sp³-hybridized carbons (Fsp3) is 0.0455. The van der Waals surface area contributed by atoms with Crippen molar-refractivity contribution in [2.24, 2.45) is 0 Å². The van der Waals surface area contributed by atoms with Gasteiger partial charge in [-0.3, -0.25) is 9.36 Å². The number of carboxylic acids is 1. The summed E-state index contributed by atoms with van der Waals surface area (Å²) in [5.41, 5.74) is -2.50. The van der Waals surface area contributed by atoms with E-state index >= 15 is 0 Å². The maximum absolute atomic E-state index is 13.5. The van der Waals surface area contributed by atoms with E-state index in [4.69, 9.17) is 16.7 Å². The highest BCUT2D eigenvalue weighted by Crippen LogP contribution is 2.35. The lowest BCUT2D eigenvalue weighted by Gasteiger charge is -2.13. The van der Waals surface area contributed by atoms with Crippen molar-refractivity contribution in [3.05, 3.63) is 98.9 Å². The molecule has 4 aromatic rings. The number of aromatic carboxylic acids is 1. The first-order valence-corrected chi connectivity index (χ1v) is 9.45. The van der Waals surface area contributed by atoms with Crippen LogP contribution in [0.5, 0.6) is 0 Å². The average molecular weight is 461 g/mol. The van der Waals surface area contributed by atoms with Crippen LogP contribution in [-0.4, -0.2) is 26.1 Å². The van der Waals surface area contributed by atoms with E-state index < -0.39 is 39.9 Å². The molecule has 0 amide bonds. The molecule has 10 heteroatoms. The van der Waals surface area contributed by atoms with E-state index in [1.807, 2.05) is 0 Å². The van der Waals surface area contributed by atoms with Crippen molar-refractivity contribution in [1.82, 2.24) is 9.13 Å². The standard InChI is InChI=1S/C22H12ClF3N2O4/c23-15-5-3-4-14(22(24,25)26)18(15)19(29)28-17-7-2-1-6-16(17)27(21(28)32)13-10-8-12(9-11-13)20(30)31/h1-11H,(H,30,31). The number of carboxylic acid groups (broad SMARTS) is 1. The van der Waals surface area contributed by atoms with Crippen LogP contribution >= 0.6 is 11.6 Å². The smallest absolute Gasteiger partial charge is 0.417 e. The molecule has 1 N–H and O–H groups in total. The average Bonchev–Trinajstić information content (AvgIpc) is 3.04. The number of aromatic nitrogens is 2. The number of carbonyl (C=O) groups is 2. The summed E-state index contributed by atoms with van der Waals surface area (Å²) in [5, 5.41) is 8.63. The monoisotopic (exact) mass is 460 g/mol. The minimum Gasteiger partial charge on any atom is -0.478 e. The normalized spacial score (nSPS) is 11.6. The Labute approximate surface area is 182 Å². The first-order valence-electron chi connectivity index (χ1n) is 9.08. The highest BCUT2D eigenvalue weighted by molar-refractivity contribution is 6.34. The summed E-state index contributed by atoms with van der Waals surface area (Å²) in [6.07, 6.45) is -4.87. The molecule has 3 aromatic carbocycles. The Morgan fingerprint density at radius 1 is 0.875 bits per heavy atom. The molecule has 0 aliphatic carbocycles. The molecule has 162 valence electrons. The second-order valence-electron chi connectivity index (χ2n) is 6.76. The predicted molar refractivity (Wildman–Crippen MR) is 111 cm³/mol. The third-order valence-corrected chi connectivity index (χ3v) is 5.17. The van der Waals surface area contributed by atoms with Gasteiger partial charge in [0.2, 0.25) is 0 Å². The third kappa shape index (κ3) is 3.46. The van der Waals surface area contributed by atoms with Gasteiger partial charge in [0, 0.05) is 0 Å². The summed E-state index contributed by atoms with van der Waals surface area (Å²) in [7, 11) is 0. The summed E-state index contributed by atoms with van der Waals surface area (Å²) in [5.74, 6) is -2.40. The van der Waals surface area contributed by atoms with E-state index in [1.54, 1.807) is 6.07 Å². The highest BCUT2D eigenvalue weighted by Gasteiger charge is 2.37. The summed E-state index contributed by atoms with van der Waals surface area (Å²) in [6, 6.07) is 14.2. The molecular weight excluding hydrogens is 449 g/mol. The number of benzene rings is 3. The van der Waals surface area contributed by atoms with E-state index in [0.717, 1.165) is 16.7 Å². The van der Waals surface area contributed by atoms with Crippen molar-refractivity contribution < 1.29 is 27.9 Å². The van der Waals surface area contributed by atoms with Gasteiger partial charge in [0.25, 0.3) is 5.91 Å². The number of imidazole rings is 1. The number of para-hydroxylation sites is 2. The Morgan fingerprint density at radius 2 is 1.50 bits per heavy atom. The molecule has 4 rings (SSSR count). The van der Waals surface area contributed by atoms with Gasteiger partial charge in [0.05, 0.1) is 38.4 Å². The Hall–Kier alpha value is -3.85. The fourth-order valence-corrected chi connectivity index (χ4v) is 3.69. The second kappa shape index (κ2) is 7.69. The van der Waals surface area contributed by atoms with Gasteiger partial charge in [-0.05, 0) is 48.5 Å². The topological polar surface area (TPSA) is 81.3 Å². The quantitative estimate of drug-likeness (QED) is 0.474. The molecule has 0 aliphatic heterocycles. The first kappa shape index (κ1) is 21.4. The molecule has 0 saturated carbocycles. The number of carbonyl (C=O) groups excluding carboxylic acids is 1. The fourth-order valence-electron chi connectivity index (χ4n) is 3.44. The molecule has 32 heavy (non-hydrogen) atoms. The number of rotatable bonds is 3. The minimum absolute atomic E-state index is 0.0208. The van der Waals surface area contributed by atoms with E-state index in [2.05, 4.69) is 0 Å². The number of hydrogen-bond donors (Lipinski definition) is 1. The molecular formula is C22H12ClF3N2O4. The van der Waals surface area contributed by atoms with E-state index in [1.165, 1.54) is 42.5 Å². The Morgan fingerprint density at radius 3 is 2.09 bits per heavy atom. The molecule has 6 nitrogen and oxygen atoms in total. The summed E-state index contributed by atoms with van der Waals surface area (Å²) >= 11 is 5.96. The van der Waals surface area contributed by atoms with Gasteiger partial charge in [-0.15, -0.1) is 0 Å². The lowest BCUT2D eigenvalue weighted by atomic mass is 10.1. The van der Waals surface area contributed by atoms with Crippen LogP contribution in [0.2, 0.25) is 5.02 Å². The minimum atomic E-state index is -4.87. The number of halogens is 4. The van der Waals surface area contributed by atoms with Crippen LogP contribution in [0, 0.1) is 0 Å². The SMILES string of the molecule is O=C(O)c1ccc(-n2c(=O)n(C(=O)c3c(Cl)cccc3C(F)(F)F)c3ccccc32)cc1. The maximum Gasteiger partial charge on any atom is 0.417 e. The van der Waals surface area contributed by atoms with Crippen LogP contribution in [0.15, 0.2) is 71.5 Å². The number of alkyl halides is 3. The molecule has 0 unspecified atom stereocenters. The number of fused-ring (bicyclic) bond motifs is 1. The zero-order chi connectivity index (χ0) is 23.2. The predicted octanol–water partition coefficient (Wildman–Crippen LogP) is 4.85. The van der Waals surface area contributed by atoms with Crippen LogP contribution in [0.25, 0.3) is 16.7 Å². The van der Waals surface area contributed by atoms with Crippen LogP contribution in [-0.2, 0) is 6.18 Å². The van der Waals surface area contributed by atoms with Crippen molar-refractivity contribution >= 4 is 34.5 Å². The van der Waals surface area contributed by atoms with Crippen molar-refractivity contribution in [2.75, 3.05) is 0 Å². The summed E-state index contributed by atoms with van der Waals surface area (Å²) < 4.78 is 42.4. The second-order valence-corrected chi connectivity index (χ2v) is 7.17. The van der Waals surface area contributed by atoms with Crippen molar-refractivity contribution in [1.29, 1.82) is 0 Å². The summed E-state index contributed by atoms with van der Waals surface area (Å²) in [4.78, 5) is 37.6. The van der Waals surface area contributed by atoms with Gasteiger partial charge >= 0.3 is 17.8 Å². The van der Waals surface area contributed by atoms with E-state index in [0.29, 0.717) is 10.6 Å². The van der Waals surface area contributed by atoms with Gasteiger partial charge in [0.1, 0.15) is 0 Å². The van der Waals surface area contributed by atoms with Gasteiger partial charge in [-0.1, -0.05) is 29.8 Å². The van der Waals surface area contributed by atoms with Crippen molar-refractivity contribution in [3.63, 3.8) is 0 Å². The zero-order valence-electron chi connectivity index (χ0n) is 15.9. The Kier molecular flexibility index (Phi) is 5.14. The van der Waals surface area contributed by atoms with Crippen LogP contribution in [0.4, 0.5) is 13.2 Å². The molecule has 1 heterocycles. The molecule has 0 fully saturated rings. The summed E-state index contributed by atoms with van der Waals surface area (Å²) in [6.45, 7) is 0. The Balaban J connectivity index is 1.99. The first-order chi connectivity index (χ1) is 15.1. The van der Waals surface area contributed by atoms with Crippen molar-refractivity contribution in [2.45, 2.75) is 6.18 Å². The molecule has 0 aliphatic rings. The van der Waals surface area contributed by atoms with Gasteiger partial charge in [-0.2, -0.15) is 13.2 Å². The largest absolute Gasteiger partial charge is 0.478 e. The number of nitrogens with zero attached hydrogens (tertiary/aromatic N) is 2. The zero-order valence-corrected chi connectivity index (χ0v) is 16.7. The maximum atomic E-state index is 13.5. The molecule has 1 aromatic heterocycles.